The summed E-state index contributed by atoms with van der Waals surface area (Å²) in [6, 6.07) is 18.5. The van der Waals surface area contributed by atoms with Crippen molar-refractivity contribution in [2.45, 2.75) is 77.7 Å². The summed E-state index contributed by atoms with van der Waals surface area (Å²) >= 11 is 0. The quantitative estimate of drug-likeness (QED) is 0.157. The molecule has 0 aliphatic carbocycles. The summed E-state index contributed by atoms with van der Waals surface area (Å²) in [7, 11) is 6.50. The number of anilines is 2. The van der Waals surface area contributed by atoms with Crippen LogP contribution in [0.2, 0.25) is 0 Å². The minimum Gasteiger partial charge on any atom is -0.497 e. The van der Waals surface area contributed by atoms with E-state index in [9.17, 15) is 9.59 Å². The van der Waals surface area contributed by atoms with E-state index >= 15 is 0 Å². The highest BCUT2D eigenvalue weighted by Crippen LogP contribution is 2.39. The van der Waals surface area contributed by atoms with Crippen LogP contribution in [0.4, 0.5) is 11.6 Å². The highest BCUT2D eigenvalue weighted by atomic mass is 16.6. The van der Waals surface area contributed by atoms with Crippen LogP contribution in [-0.2, 0) is 22.6 Å². The molecule has 0 bridgehead atoms. The van der Waals surface area contributed by atoms with Gasteiger partial charge in [-0.25, -0.2) is 19.6 Å². The molecule has 2 aliphatic heterocycles. The first-order valence-corrected chi connectivity index (χ1v) is 17.1. The molecule has 2 atom stereocenters. The second-order valence-corrected chi connectivity index (χ2v) is 13.8. The van der Waals surface area contributed by atoms with Crippen molar-refractivity contribution in [3.63, 3.8) is 0 Å². The lowest BCUT2D eigenvalue weighted by molar-refractivity contribution is -0.0199. The Balaban J connectivity index is 0.000000201. The molecule has 0 spiro atoms. The zero-order chi connectivity index (χ0) is 37.8. The van der Waals surface area contributed by atoms with Gasteiger partial charge in [-0.2, -0.15) is 0 Å². The Morgan fingerprint density at radius 1 is 0.596 bits per heavy atom. The zero-order valence-electron chi connectivity index (χ0n) is 31.5. The van der Waals surface area contributed by atoms with Crippen LogP contribution in [0.1, 0.15) is 96.6 Å². The highest BCUT2D eigenvalue weighted by Gasteiger charge is 2.41. The fourth-order valence-corrected chi connectivity index (χ4v) is 5.94. The third-order valence-electron chi connectivity index (χ3n) is 9.82. The summed E-state index contributed by atoms with van der Waals surface area (Å²) in [5.41, 5.74) is 3.41. The Morgan fingerprint density at radius 2 is 0.981 bits per heavy atom. The number of pyridine rings is 2. The number of esters is 2. The van der Waals surface area contributed by atoms with E-state index in [-0.39, 0.29) is 23.8 Å². The first-order valence-electron chi connectivity index (χ1n) is 17.1. The van der Waals surface area contributed by atoms with Gasteiger partial charge >= 0.3 is 11.9 Å². The monoisotopic (exact) mass is 712 g/mol. The molecule has 52 heavy (non-hydrogen) atoms. The number of carbonyl (C=O) groups is 2. The first-order chi connectivity index (χ1) is 24.7. The third-order valence-corrected chi connectivity index (χ3v) is 9.82. The van der Waals surface area contributed by atoms with Crippen LogP contribution in [0.5, 0.6) is 23.0 Å². The van der Waals surface area contributed by atoms with E-state index in [1.807, 2.05) is 77.9 Å². The molecule has 0 saturated heterocycles. The number of cyclic esters (lactones) is 2. The van der Waals surface area contributed by atoms with Gasteiger partial charge in [0.2, 0.25) is 0 Å². The molecule has 6 rings (SSSR count). The number of rotatable bonds is 10. The predicted octanol–water partition coefficient (Wildman–Crippen LogP) is 7.53. The maximum atomic E-state index is 12.2. The number of hydrogen-bond acceptors (Lipinski definition) is 12. The lowest BCUT2D eigenvalue weighted by Gasteiger charge is -2.36. The van der Waals surface area contributed by atoms with Crippen molar-refractivity contribution in [1.82, 2.24) is 9.97 Å². The van der Waals surface area contributed by atoms with Gasteiger partial charge in [0.15, 0.2) is 0 Å². The molecule has 0 radical (unpaired) electrons. The summed E-state index contributed by atoms with van der Waals surface area (Å²) in [6.45, 7) is 12.8. The predicted molar refractivity (Wildman–Crippen MR) is 198 cm³/mol. The maximum absolute atomic E-state index is 12.2. The molecular weight excluding hydrogens is 664 g/mol. The number of nitrogens with one attached hydrogen (secondary N) is 2. The zero-order valence-corrected chi connectivity index (χ0v) is 31.5. The number of aromatic nitrogens is 2. The molecule has 2 unspecified atom stereocenters. The van der Waals surface area contributed by atoms with Crippen LogP contribution in [0, 0.1) is 0 Å². The molecule has 12 nitrogen and oxygen atoms in total. The van der Waals surface area contributed by atoms with Crippen LogP contribution in [0.25, 0.3) is 0 Å². The van der Waals surface area contributed by atoms with Gasteiger partial charge in [0, 0.05) is 48.2 Å². The van der Waals surface area contributed by atoms with E-state index in [4.69, 9.17) is 28.4 Å². The van der Waals surface area contributed by atoms with Crippen LogP contribution < -0.4 is 29.6 Å². The summed E-state index contributed by atoms with van der Waals surface area (Å²) in [4.78, 5) is 33.7. The summed E-state index contributed by atoms with van der Waals surface area (Å²) in [5, 5.41) is 6.60. The SMILES string of the molecule is COc1ccc(CNc2ccc3c(n2)C(C)C(C)(C)OC3=O)c(OC)c1.COc1ccc(CNc2ccc3c(n2)C(C)C(C)(C)OC3=O)c(OC)c1. The molecule has 0 amide bonds. The summed E-state index contributed by atoms with van der Waals surface area (Å²) in [5.74, 6) is 3.76. The van der Waals surface area contributed by atoms with Crippen molar-refractivity contribution in [1.29, 1.82) is 0 Å². The van der Waals surface area contributed by atoms with Crippen molar-refractivity contribution in [2.24, 2.45) is 0 Å². The van der Waals surface area contributed by atoms with E-state index in [2.05, 4.69) is 20.6 Å². The number of hydrogen-bond donors (Lipinski definition) is 2. The molecule has 2 aromatic carbocycles. The highest BCUT2D eigenvalue weighted by molar-refractivity contribution is 5.93. The first kappa shape index (κ1) is 37.7. The normalized spacial score (nSPS) is 17.9. The summed E-state index contributed by atoms with van der Waals surface area (Å²) < 4.78 is 32.3. The van der Waals surface area contributed by atoms with E-state index < -0.39 is 11.2 Å². The topological polar surface area (TPSA) is 139 Å². The van der Waals surface area contributed by atoms with Crippen molar-refractivity contribution in [3.8, 4) is 23.0 Å². The van der Waals surface area contributed by atoms with Crippen molar-refractivity contribution in [2.75, 3.05) is 39.1 Å². The minimum absolute atomic E-state index is 0.00692. The van der Waals surface area contributed by atoms with E-state index in [0.29, 0.717) is 35.9 Å². The van der Waals surface area contributed by atoms with Crippen molar-refractivity contribution < 1.29 is 38.0 Å². The second-order valence-electron chi connectivity index (χ2n) is 13.8. The molecule has 12 heteroatoms. The molecule has 276 valence electrons. The Hall–Kier alpha value is -5.52. The largest absolute Gasteiger partial charge is 0.497 e. The van der Waals surface area contributed by atoms with Crippen LogP contribution >= 0.6 is 0 Å². The number of methoxy groups -OCH3 is 4. The third kappa shape index (κ3) is 8.01. The van der Waals surface area contributed by atoms with Gasteiger partial charge in [-0.05, 0) is 76.2 Å². The van der Waals surface area contributed by atoms with E-state index in [1.54, 1.807) is 52.7 Å². The maximum Gasteiger partial charge on any atom is 0.340 e. The summed E-state index contributed by atoms with van der Waals surface area (Å²) in [6.07, 6.45) is 0. The minimum atomic E-state index is -0.574. The van der Waals surface area contributed by atoms with Gasteiger partial charge in [0.25, 0.3) is 0 Å². The lowest BCUT2D eigenvalue weighted by atomic mass is 9.84. The van der Waals surface area contributed by atoms with E-state index in [0.717, 1.165) is 45.5 Å². The van der Waals surface area contributed by atoms with Gasteiger partial charge in [-0.15, -0.1) is 0 Å². The van der Waals surface area contributed by atoms with Gasteiger partial charge < -0.3 is 39.1 Å². The fourth-order valence-electron chi connectivity index (χ4n) is 5.94. The number of nitrogens with zero attached hydrogens (tertiary/aromatic N) is 2. The second kappa shape index (κ2) is 15.4. The molecule has 2 aliphatic rings. The number of carbonyl (C=O) groups excluding carboxylic acids is 2. The van der Waals surface area contributed by atoms with Crippen molar-refractivity contribution in [3.05, 3.63) is 94.3 Å². The Kier molecular flexibility index (Phi) is 11.2. The molecule has 0 saturated carbocycles. The molecule has 2 N–H and O–H groups in total. The number of benzene rings is 2. The number of fused-ring (bicyclic) bond motifs is 2. The average Bonchev–Trinajstić information content (AvgIpc) is 3.14. The Bertz CT molecular complexity index is 1800. The lowest BCUT2D eigenvalue weighted by Crippen LogP contribution is -2.39. The van der Waals surface area contributed by atoms with Gasteiger partial charge in [-0.1, -0.05) is 13.8 Å². The number of ether oxygens (including phenoxy) is 6. The molecule has 4 heterocycles. The smallest absolute Gasteiger partial charge is 0.340 e. The molecule has 2 aromatic heterocycles. The van der Waals surface area contributed by atoms with Crippen LogP contribution in [0.3, 0.4) is 0 Å². The van der Waals surface area contributed by atoms with Crippen LogP contribution in [-0.4, -0.2) is 61.5 Å². The van der Waals surface area contributed by atoms with Gasteiger partial charge in [-0.3, -0.25) is 0 Å². The van der Waals surface area contributed by atoms with Crippen molar-refractivity contribution >= 4 is 23.6 Å². The van der Waals surface area contributed by atoms with E-state index in [1.165, 1.54) is 0 Å². The molecule has 0 fully saturated rings. The Labute approximate surface area is 305 Å². The molecule has 4 aromatic rings. The molecular formula is C40H48N4O8. The van der Waals surface area contributed by atoms with Gasteiger partial charge in [0.05, 0.1) is 51.0 Å². The van der Waals surface area contributed by atoms with Crippen LogP contribution in [0.15, 0.2) is 60.7 Å². The Morgan fingerprint density at radius 3 is 1.33 bits per heavy atom. The standard InChI is InChI=1S/2C20H24N2O4/c2*1-12-18-15(19(23)26-20(12,2)3)8-9-17(22-18)21-11-13-6-7-14(24-4)10-16(13)25-5/h2*6-10,12H,11H2,1-5H3,(H,21,22). The fraction of sp³-hybridized carbons (Fsp3) is 0.400. The average molecular weight is 713 g/mol. The van der Waals surface area contributed by atoms with Gasteiger partial charge in [0.1, 0.15) is 45.8 Å².